The summed E-state index contributed by atoms with van der Waals surface area (Å²) in [6, 6.07) is 13.3. The van der Waals surface area contributed by atoms with E-state index in [0.717, 1.165) is 61.7 Å². The number of fused-ring (bicyclic) bond motifs is 3. The fourth-order valence-corrected chi connectivity index (χ4v) is 9.37. The first kappa shape index (κ1) is 35.1. The van der Waals surface area contributed by atoms with Crippen LogP contribution in [0, 0.1) is 17.8 Å². The molecule has 5 atom stereocenters. The molecule has 0 bridgehead atoms. The van der Waals surface area contributed by atoms with E-state index >= 15 is 0 Å². The molecule has 1 saturated carbocycles. The van der Waals surface area contributed by atoms with Gasteiger partial charge in [-0.3, -0.25) is 4.79 Å². The number of amides is 1. The van der Waals surface area contributed by atoms with Crippen molar-refractivity contribution in [2.75, 3.05) is 45.3 Å². The smallest absolute Gasteiger partial charge is 0.337 e. The van der Waals surface area contributed by atoms with Crippen LogP contribution < -0.4 is 9.64 Å². The summed E-state index contributed by atoms with van der Waals surface area (Å²) in [6.45, 7) is 6.00. The molecule has 49 heavy (non-hydrogen) atoms. The second kappa shape index (κ2) is 14.3. The summed E-state index contributed by atoms with van der Waals surface area (Å²) < 4.78 is 37.8. The van der Waals surface area contributed by atoms with E-state index in [0.29, 0.717) is 24.6 Å². The minimum absolute atomic E-state index is 0.0816. The Labute approximate surface area is 294 Å². The van der Waals surface area contributed by atoms with Crippen LogP contribution in [0.5, 0.6) is 5.75 Å². The Morgan fingerprint density at radius 3 is 2.59 bits per heavy atom. The second-order valence-corrected chi connectivity index (χ2v) is 16.7. The van der Waals surface area contributed by atoms with Gasteiger partial charge in [0.1, 0.15) is 5.75 Å². The Morgan fingerprint density at radius 1 is 1.12 bits per heavy atom. The van der Waals surface area contributed by atoms with Gasteiger partial charge in [-0.25, -0.2) is 23.2 Å². The minimum Gasteiger partial charge on any atom is -0.490 e. The molecule has 1 aliphatic heterocycles. The molecule has 0 saturated heterocycles. The average Bonchev–Trinajstić information content (AvgIpc) is 3.25. The van der Waals surface area contributed by atoms with Crippen LogP contribution in [0.1, 0.15) is 67.4 Å². The highest BCUT2D eigenvalue weighted by Crippen LogP contribution is 2.46. The highest BCUT2D eigenvalue weighted by Gasteiger charge is 2.44. The van der Waals surface area contributed by atoms with Crippen molar-refractivity contribution in [3.63, 3.8) is 0 Å². The quantitative estimate of drug-likeness (QED) is 0.191. The molecule has 1 spiro atoms. The molecule has 3 aromatic rings. The van der Waals surface area contributed by atoms with Gasteiger partial charge >= 0.3 is 5.97 Å². The number of rotatable bonds is 10. The molecule has 1 fully saturated rings. The van der Waals surface area contributed by atoms with E-state index in [1.807, 2.05) is 18.2 Å². The summed E-state index contributed by atoms with van der Waals surface area (Å²) in [6.07, 6.45) is 7.94. The third-order valence-corrected chi connectivity index (χ3v) is 13.4. The summed E-state index contributed by atoms with van der Waals surface area (Å²) >= 11 is 6.42. The maximum atomic E-state index is 13.4. The number of aromatic nitrogens is 2. The first-order valence-corrected chi connectivity index (χ1v) is 19.0. The van der Waals surface area contributed by atoms with Crippen molar-refractivity contribution in [1.29, 1.82) is 0 Å². The fraction of sp³-hybridized carbons (Fsp3) is 0.514. The van der Waals surface area contributed by atoms with E-state index in [2.05, 4.69) is 27.0 Å². The van der Waals surface area contributed by atoms with Gasteiger partial charge in [-0.1, -0.05) is 24.6 Å². The third kappa shape index (κ3) is 7.15. The molecular weight excluding hydrogens is 664 g/mol. The average molecular weight is 709 g/mol. The van der Waals surface area contributed by atoms with E-state index in [4.69, 9.17) is 21.1 Å². The van der Waals surface area contributed by atoms with Crippen LogP contribution in [0.25, 0.3) is 0 Å². The molecule has 0 N–H and O–H groups in total. The highest BCUT2D eigenvalue weighted by molar-refractivity contribution is 7.91. The van der Waals surface area contributed by atoms with Crippen molar-refractivity contribution in [2.45, 2.75) is 68.2 Å². The van der Waals surface area contributed by atoms with Crippen molar-refractivity contribution < 1.29 is 27.5 Å². The number of aryl methyl sites for hydroxylation is 1. The van der Waals surface area contributed by atoms with Gasteiger partial charge in [0, 0.05) is 55.9 Å². The highest BCUT2D eigenvalue weighted by atomic mass is 35.5. The topological polar surface area (TPSA) is 119 Å². The van der Waals surface area contributed by atoms with Gasteiger partial charge in [0.25, 0.3) is 0 Å². The van der Waals surface area contributed by atoms with Crippen LogP contribution in [0.3, 0.4) is 0 Å². The van der Waals surface area contributed by atoms with Crippen LogP contribution in [-0.2, 0) is 31.2 Å². The number of methoxy groups -OCH3 is 1. The molecule has 10 nitrogen and oxygen atoms in total. The Balaban J connectivity index is 1.18. The summed E-state index contributed by atoms with van der Waals surface area (Å²) in [4.78, 5) is 38.0. The van der Waals surface area contributed by atoms with Crippen molar-refractivity contribution in [1.82, 2.24) is 14.9 Å². The van der Waals surface area contributed by atoms with Gasteiger partial charge in [-0.15, -0.1) is 0 Å². The summed E-state index contributed by atoms with van der Waals surface area (Å²) in [5, 5.41) is -0.286. The number of esters is 1. The van der Waals surface area contributed by atoms with Gasteiger partial charge in [-0.2, -0.15) is 0 Å². The number of hydrogen-bond donors (Lipinski definition) is 0. The molecule has 12 heteroatoms. The number of halogens is 1. The predicted molar refractivity (Wildman–Crippen MR) is 188 cm³/mol. The van der Waals surface area contributed by atoms with E-state index < -0.39 is 27.0 Å². The number of hydrogen-bond acceptors (Lipinski definition) is 9. The molecule has 2 heterocycles. The molecular formula is C37H45ClN4O6S. The summed E-state index contributed by atoms with van der Waals surface area (Å²) in [5.74, 6) is 0.458. The molecule has 262 valence electrons. The lowest BCUT2D eigenvalue weighted by molar-refractivity contribution is -0.132. The van der Waals surface area contributed by atoms with E-state index in [1.165, 1.54) is 30.6 Å². The number of nitrogens with zero attached hydrogens (tertiary/aromatic N) is 4. The van der Waals surface area contributed by atoms with E-state index in [9.17, 15) is 18.0 Å². The number of ether oxygens (including phenoxy) is 2. The Hall–Kier alpha value is -3.70. The van der Waals surface area contributed by atoms with Crippen LogP contribution in [0.4, 0.5) is 5.69 Å². The van der Waals surface area contributed by atoms with Gasteiger partial charge in [0.2, 0.25) is 20.9 Å². The zero-order valence-corrected chi connectivity index (χ0v) is 30.2. The third-order valence-electron chi connectivity index (χ3n) is 11.0. The number of anilines is 1. The van der Waals surface area contributed by atoms with Crippen LogP contribution >= 0.6 is 11.6 Å². The molecule has 6 rings (SSSR count). The Kier molecular flexibility index (Phi) is 10.2. The first-order chi connectivity index (χ1) is 23.4. The van der Waals surface area contributed by atoms with E-state index in [-0.39, 0.29) is 28.8 Å². The van der Waals surface area contributed by atoms with Crippen LogP contribution in [-0.4, -0.2) is 80.8 Å². The molecule has 3 aliphatic rings. The SMILES string of the molecule is COC(=O)c1ccc2c(c1)N(C[C@@H]1CC[C@H]1CN(C)C(=O)C[C@H](C)[C@@H](C)S(=O)(=O)c1ncccn1)CC1(CCCc3cc(Cl)ccc31)CO2. The largest absolute Gasteiger partial charge is 0.490 e. The lowest BCUT2D eigenvalue weighted by atomic mass is 9.69. The van der Waals surface area contributed by atoms with Crippen molar-refractivity contribution in [3.8, 4) is 5.75 Å². The number of sulfone groups is 1. The summed E-state index contributed by atoms with van der Waals surface area (Å²) in [7, 11) is -0.575. The molecule has 1 amide bonds. The molecule has 0 radical (unpaired) electrons. The maximum absolute atomic E-state index is 13.4. The normalized spacial score (nSPS) is 22.8. The molecule has 2 aromatic carbocycles. The lowest BCUT2D eigenvalue weighted by Crippen LogP contribution is -2.49. The standard InChI is InChI=1S/C37H45ClN4O6S/c1-24(25(2)49(45,46)36-39-15-6-16-40-36)17-34(43)41(3)20-28-8-9-29(28)21-42-22-37(14-5-7-26-18-30(38)11-12-31(26)37)23-48-33-13-10-27(19-32(33)42)35(44)47-4/h6,10-13,15-16,18-19,24-25,28-29H,5,7-9,14,17,20-23H2,1-4H3/t24-,25+,28-,29-,37?/m0/s1. The second-order valence-electron chi connectivity index (χ2n) is 14.1. The minimum atomic E-state index is -3.77. The number of carbonyl (C=O) groups excluding carboxylic acids is 2. The van der Waals surface area contributed by atoms with Crippen molar-refractivity contribution in [2.24, 2.45) is 17.8 Å². The summed E-state index contributed by atoms with van der Waals surface area (Å²) in [5.41, 5.74) is 3.64. The number of benzene rings is 2. The lowest BCUT2D eigenvalue weighted by Gasteiger charge is -2.45. The zero-order valence-electron chi connectivity index (χ0n) is 28.6. The maximum Gasteiger partial charge on any atom is 0.337 e. The fourth-order valence-electron chi connectivity index (χ4n) is 7.72. The zero-order chi connectivity index (χ0) is 34.9. The predicted octanol–water partition coefficient (Wildman–Crippen LogP) is 5.76. The first-order valence-electron chi connectivity index (χ1n) is 17.1. The Morgan fingerprint density at radius 2 is 1.88 bits per heavy atom. The van der Waals surface area contributed by atoms with Gasteiger partial charge in [0.15, 0.2) is 0 Å². The molecule has 2 aliphatic carbocycles. The van der Waals surface area contributed by atoms with Gasteiger partial charge in [0.05, 0.1) is 30.2 Å². The van der Waals surface area contributed by atoms with Crippen molar-refractivity contribution >= 4 is 39.0 Å². The monoisotopic (exact) mass is 708 g/mol. The van der Waals surface area contributed by atoms with Crippen LogP contribution in [0.2, 0.25) is 5.02 Å². The van der Waals surface area contributed by atoms with Gasteiger partial charge < -0.3 is 19.3 Å². The van der Waals surface area contributed by atoms with E-state index in [1.54, 1.807) is 37.9 Å². The number of carbonyl (C=O) groups is 2. The molecule has 1 unspecified atom stereocenters. The molecule has 1 aromatic heterocycles. The van der Waals surface area contributed by atoms with Crippen LogP contribution in [0.15, 0.2) is 60.0 Å². The van der Waals surface area contributed by atoms with Gasteiger partial charge in [-0.05, 0) is 104 Å². The Bertz CT molecular complexity index is 1810. The van der Waals surface area contributed by atoms with Crippen molar-refractivity contribution in [3.05, 3.63) is 76.6 Å².